The summed E-state index contributed by atoms with van der Waals surface area (Å²) < 4.78 is 14.7. The first-order valence-electron chi connectivity index (χ1n) is 7.14. The van der Waals surface area contributed by atoms with E-state index in [1.165, 1.54) is 23.5 Å². The van der Waals surface area contributed by atoms with Crippen molar-refractivity contribution in [2.24, 2.45) is 0 Å². The molecule has 0 spiro atoms. The molecule has 0 saturated heterocycles. The van der Waals surface area contributed by atoms with Crippen molar-refractivity contribution in [3.8, 4) is 5.69 Å². The van der Waals surface area contributed by atoms with Gasteiger partial charge in [-0.2, -0.15) is 5.10 Å². The minimum Gasteiger partial charge on any atom is -0.374 e. The third-order valence-electron chi connectivity index (χ3n) is 3.47. The van der Waals surface area contributed by atoms with Gasteiger partial charge in [0, 0.05) is 0 Å². The lowest BCUT2D eigenvalue weighted by Crippen LogP contribution is -2.24. The van der Waals surface area contributed by atoms with Crippen molar-refractivity contribution >= 4 is 22.4 Å². The number of anilines is 1. The summed E-state index contributed by atoms with van der Waals surface area (Å²) in [6.07, 6.45) is 0. The van der Waals surface area contributed by atoms with Gasteiger partial charge in [0.15, 0.2) is 0 Å². The number of nitrogens with zero attached hydrogens (tertiary/aromatic N) is 4. The summed E-state index contributed by atoms with van der Waals surface area (Å²) >= 11 is 1.22. The number of halogens is 1. The van der Waals surface area contributed by atoms with Crippen LogP contribution in [0.1, 0.15) is 26.8 Å². The zero-order valence-corrected chi connectivity index (χ0v) is 13.9. The first kappa shape index (κ1) is 16.1. The predicted molar refractivity (Wildman–Crippen MR) is 88.5 cm³/mol. The number of hydrogen-bond donors (Lipinski definition) is 2. The summed E-state index contributed by atoms with van der Waals surface area (Å²) in [6, 6.07) is 5.93. The van der Waals surface area contributed by atoms with Crippen molar-refractivity contribution in [1.82, 2.24) is 25.3 Å². The maximum Gasteiger partial charge on any atom is 0.255 e. The fraction of sp³-hybridized carbons (Fsp3) is 0.200. The molecule has 7 nitrogen and oxygen atoms in total. The fourth-order valence-electron chi connectivity index (χ4n) is 2.39. The van der Waals surface area contributed by atoms with E-state index in [0.717, 1.165) is 0 Å². The highest BCUT2D eigenvalue weighted by Gasteiger charge is 2.19. The Labute approximate surface area is 141 Å². The number of carbonyl (C=O) groups is 1. The summed E-state index contributed by atoms with van der Waals surface area (Å²) in [7, 11) is 0. The summed E-state index contributed by atoms with van der Waals surface area (Å²) in [5.41, 5.74) is 7.95. The molecule has 0 aliphatic rings. The van der Waals surface area contributed by atoms with Crippen molar-refractivity contribution < 1.29 is 9.18 Å². The van der Waals surface area contributed by atoms with Crippen LogP contribution < -0.4 is 11.1 Å². The Morgan fingerprint density at radius 3 is 2.62 bits per heavy atom. The lowest BCUT2D eigenvalue weighted by atomic mass is 10.2. The number of nitrogen functional groups attached to an aromatic ring is 1. The Morgan fingerprint density at radius 2 is 2.00 bits per heavy atom. The van der Waals surface area contributed by atoms with Gasteiger partial charge < -0.3 is 11.1 Å². The van der Waals surface area contributed by atoms with Crippen LogP contribution in [-0.4, -0.2) is 25.9 Å². The highest BCUT2D eigenvalue weighted by atomic mass is 32.1. The third-order valence-corrected chi connectivity index (χ3v) is 4.22. The molecule has 1 amide bonds. The number of amides is 1. The van der Waals surface area contributed by atoms with Gasteiger partial charge >= 0.3 is 0 Å². The molecule has 2 heterocycles. The van der Waals surface area contributed by atoms with E-state index < -0.39 is 0 Å². The molecule has 9 heteroatoms. The van der Waals surface area contributed by atoms with Crippen molar-refractivity contribution in [2.45, 2.75) is 20.4 Å². The normalized spacial score (nSPS) is 10.8. The van der Waals surface area contributed by atoms with E-state index in [0.29, 0.717) is 32.8 Å². The molecule has 0 aliphatic heterocycles. The molecule has 2 aromatic heterocycles. The van der Waals surface area contributed by atoms with E-state index >= 15 is 0 Å². The first-order valence-corrected chi connectivity index (χ1v) is 7.95. The smallest absolute Gasteiger partial charge is 0.255 e. The van der Waals surface area contributed by atoms with Crippen LogP contribution in [0.2, 0.25) is 0 Å². The van der Waals surface area contributed by atoms with Crippen LogP contribution >= 0.6 is 11.3 Å². The molecule has 0 radical (unpaired) electrons. The Bertz CT molecular complexity index is 886. The second-order valence-electron chi connectivity index (χ2n) is 5.15. The second kappa shape index (κ2) is 6.36. The lowest BCUT2D eigenvalue weighted by molar-refractivity contribution is 0.0949. The highest BCUT2D eigenvalue weighted by molar-refractivity contribution is 7.15. The van der Waals surface area contributed by atoms with Crippen molar-refractivity contribution in [1.29, 1.82) is 0 Å². The molecule has 0 saturated carbocycles. The zero-order chi connectivity index (χ0) is 17.3. The standard InChI is InChI=1S/C15H15FN6OS/c1-8-13(14(23)18-7-12-19-20-15(17)24-12)9(2)22(21-8)11-5-3-10(16)4-6-11/h3-6H,7H2,1-2H3,(H2,17,20)(H,18,23). The van der Waals surface area contributed by atoms with Gasteiger partial charge in [-0.1, -0.05) is 11.3 Å². The van der Waals surface area contributed by atoms with E-state index in [1.54, 1.807) is 30.7 Å². The summed E-state index contributed by atoms with van der Waals surface area (Å²) in [6.45, 7) is 3.79. The average Bonchev–Trinajstić information content (AvgIpc) is 3.09. The first-order chi connectivity index (χ1) is 11.5. The number of carbonyl (C=O) groups excluding carboxylic acids is 1. The number of nitrogens with two attached hydrogens (primary N) is 1. The van der Waals surface area contributed by atoms with Gasteiger partial charge in [-0.15, -0.1) is 10.2 Å². The van der Waals surface area contributed by atoms with Crippen LogP contribution in [0.5, 0.6) is 0 Å². The largest absolute Gasteiger partial charge is 0.374 e. The maximum atomic E-state index is 13.1. The summed E-state index contributed by atoms with van der Waals surface area (Å²) in [5.74, 6) is -0.582. The van der Waals surface area contributed by atoms with Gasteiger partial charge in [0.2, 0.25) is 5.13 Å². The van der Waals surface area contributed by atoms with Gasteiger partial charge in [0.05, 0.1) is 29.2 Å². The molecule has 24 heavy (non-hydrogen) atoms. The Morgan fingerprint density at radius 1 is 1.29 bits per heavy atom. The molecular weight excluding hydrogens is 331 g/mol. The Balaban J connectivity index is 1.83. The fourth-order valence-corrected chi connectivity index (χ4v) is 2.94. The van der Waals surface area contributed by atoms with E-state index in [9.17, 15) is 9.18 Å². The average molecular weight is 346 g/mol. The summed E-state index contributed by atoms with van der Waals surface area (Å²) in [5, 5.41) is 15.7. The second-order valence-corrected chi connectivity index (χ2v) is 6.24. The van der Waals surface area contributed by atoms with Gasteiger partial charge in [0.1, 0.15) is 10.8 Å². The number of aromatic nitrogens is 4. The van der Waals surface area contributed by atoms with E-state index in [2.05, 4.69) is 20.6 Å². The SMILES string of the molecule is Cc1nn(-c2ccc(F)cc2)c(C)c1C(=O)NCc1nnc(N)s1. The van der Waals surface area contributed by atoms with Crippen LogP contribution in [0.15, 0.2) is 24.3 Å². The van der Waals surface area contributed by atoms with Crippen LogP contribution in [0.3, 0.4) is 0 Å². The third kappa shape index (κ3) is 3.11. The maximum absolute atomic E-state index is 13.1. The number of benzene rings is 1. The molecule has 124 valence electrons. The van der Waals surface area contributed by atoms with Crippen LogP contribution in [0.4, 0.5) is 9.52 Å². The van der Waals surface area contributed by atoms with Gasteiger partial charge in [-0.05, 0) is 38.1 Å². The molecule has 0 fully saturated rings. The van der Waals surface area contributed by atoms with Crippen LogP contribution in [-0.2, 0) is 6.54 Å². The Kier molecular flexibility index (Phi) is 4.26. The number of nitrogens with one attached hydrogen (secondary N) is 1. The zero-order valence-electron chi connectivity index (χ0n) is 13.1. The van der Waals surface area contributed by atoms with Crippen LogP contribution in [0.25, 0.3) is 5.69 Å². The number of rotatable bonds is 4. The van der Waals surface area contributed by atoms with Crippen LogP contribution in [0, 0.1) is 19.7 Å². The number of aryl methyl sites for hydroxylation is 1. The van der Waals surface area contributed by atoms with Gasteiger partial charge in [-0.3, -0.25) is 4.79 Å². The molecule has 3 aromatic rings. The molecular formula is C15H15FN6OS. The van der Waals surface area contributed by atoms with E-state index in [1.807, 2.05) is 0 Å². The van der Waals surface area contributed by atoms with Crippen molar-refractivity contribution in [2.75, 3.05) is 5.73 Å². The minimum atomic E-state index is -0.324. The lowest BCUT2D eigenvalue weighted by Gasteiger charge is -2.06. The minimum absolute atomic E-state index is 0.244. The summed E-state index contributed by atoms with van der Waals surface area (Å²) in [4.78, 5) is 12.5. The van der Waals surface area contributed by atoms with Crippen molar-refractivity contribution in [3.05, 3.63) is 52.0 Å². The Hall–Kier alpha value is -2.81. The molecule has 3 rings (SSSR count). The van der Waals surface area contributed by atoms with E-state index in [4.69, 9.17) is 5.73 Å². The molecule has 0 aliphatic carbocycles. The molecule has 0 unspecified atom stereocenters. The predicted octanol–water partition coefficient (Wildman–Crippen LogP) is 1.99. The molecule has 3 N–H and O–H groups in total. The van der Waals surface area contributed by atoms with E-state index in [-0.39, 0.29) is 18.3 Å². The van der Waals surface area contributed by atoms with Gasteiger partial charge in [0.25, 0.3) is 5.91 Å². The van der Waals surface area contributed by atoms with Crippen molar-refractivity contribution in [3.63, 3.8) is 0 Å². The monoisotopic (exact) mass is 346 g/mol. The van der Waals surface area contributed by atoms with Gasteiger partial charge in [-0.25, -0.2) is 9.07 Å². The topological polar surface area (TPSA) is 98.7 Å². The molecule has 0 bridgehead atoms. The molecule has 0 atom stereocenters. The molecule has 1 aromatic carbocycles. The highest BCUT2D eigenvalue weighted by Crippen LogP contribution is 2.18. The number of hydrogen-bond acceptors (Lipinski definition) is 6. The quantitative estimate of drug-likeness (QED) is 0.753.